The number of unbranched alkanes of at least 4 members (excludes halogenated alkanes) is 7. The maximum Gasteiger partial charge on any atom is 0.191 e. The number of anilines is 1. The Labute approximate surface area is 288 Å². The van der Waals surface area contributed by atoms with Crippen molar-refractivity contribution in [3.8, 4) is 0 Å². The average molecular weight is 647 g/mol. The second kappa shape index (κ2) is 20.8. The second-order valence-corrected chi connectivity index (χ2v) is 14.6. The molecule has 1 aliphatic rings. The van der Waals surface area contributed by atoms with Gasteiger partial charge < -0.3 is 14.9 Å². The smallest absolute Gasteiger partial charge is 0.191 e. The van der Waals surface area contributed by atoms with E-state index in [0.29, 0.717) is 24.8 Å². The molecular weight excluding hydrogens is 578 g/mol. The molecule has 5 heteroatoms. The molecule has 2 aromatic carbocycles. The van der Waals surface area contributed by atoms with Crippen molar-refractivity contribution in [2.45, 2.75) is 131 Å². The summed E-state index contributed by atoms with van der Waals surface area (Å²) in [5.74, 6) is 0.381. The number of Topliss-reactive ketones (excluding diaryl/α,β-unsaturated/α-hetero) is 1. The van der Waals surface area contributed by atoms with E-state index in [2.05, 4.69) is 87.8 Å². The zero-order valence-corrected chi connectivity index (χ0v) is 30.8. The molecule has 2 aromatic rings. The minimum atomic E-state index is 0.258. The summed E-state index contributed by atoms with van der Waals surface area (Å²) in [4.78, 5) is 16.4. The van der Waals surface area contributed by atoms with Crippen molar-refractivity contribution in [2.24, 2.45) is 0 Å². The van der Waals surface area contributed by atoms with Crippen LogP contribution < -0.4 is 5.32 Å². The first-order chi connectivity index (χ1) is 22.7. The number of carbonyl (C=O) groups is 1. The molecule has 1 saturated heterocycles. The zero-order valence-electron chi connectivity index (χ0n) is 30.8. The third-order valence-corrected chi connectivity index (χ3v) is 10.7. The SMILES string of the molecule is C=C(Nc1c(C)cccc1C)C1CCCCN1CCCCCC[N+](CCCCC)(CCCCCO)CC(=O)Cc1c(C)cccc1C. The van der Waals surface area contributed by atoms with E-state index in [1.807, 2.05) is 0 Å². The molecule has 2 N–H and O–H groups in total. The molecule has 1 heterocycles. The Kier molecular flexibility index (Phi) is 17.2. The number of piperidine rings is 1. The van der Waals surface area contributed by atoms with Gasteiger partial charge in [0.1, 0.15) is 6.54 Å². The van der Waals surface area contributed by atoms with Crippen LogP contribution in [-0.4, -0.2) is 72.2 Å². The van der Waals surface area contributed by atoms with Crippen molar-refractivity contribution in [3.63, 3.8) is 0 Å². The maximum absolute atomic E-state index is 13.7. The van der Waals surface area contributed by atoms with E-state index in [1.165, 1.54) is 97.7 Å². The number of aryl methyl sites for hydroxylation is 4. The van der Waals surface area contributed by atoms with Gasteiger partial charge in [0.25, 0.3) is 0 Å². The molecule has 0 radical (unpaired) electrons. The molecule has 5 nitrogen and oxygen atoms in total. The molecule has 3 rings (SSSR count). The number of ketones is 1. The molecule has 0 aliphatic carbocycles. The number of aliphatic hydroxyl groups is 1. The molecule has 0 saturated carbocycles. The fraction of sp³-hybridized carbons (Fsp3) is 0.643. The fourth-order valence-corrected chi connectivity index (χ4v) is 7.78. The molecule has 1 aliphatic heterocycles. The van der Waals surface area contributed by atoms with Gasteiger partial charge in [0.05, 0.1) is 19.6 Å². The summed E-state index contributed by atoms with van der Waals surface area (Å²) < 4.78 is 0.924. The highest BCUT2D eigenvalue weighted by Crippen LogP contribution is 2.27. The molecule has 0 bridgehead atoms. The van der Waals surface area contributed by atoms with Crippen LogP contribution in [0.2, 0.25) is 0 Å². The summed E-state index contributed by atoms with van der Waals surface area (Å²) in [6.45, 7) is 21.8. The lowest BCUT2D eigenvalue weighted by molar-refractivity contribution is -0.921. The summed E-state index contributed by atoms with van der Waals surface area (Å²) in [6.07, 6.45) is 15.7. The van der Waals surface area contributed by atoms with Gasteiger partial charge in [-0.1, -0.05) is 69.2 Å². The van der Waals surface area contributed by atoms with Crippen molar-refractivity contribution in [3.05, 3.63) is 76.5 Å². The largest absolute Gasteiger partial charge is 0.396 e. The lowest BCUT2D eigenvalue weighted by Crippen LogP contribution is -2.53. The van der Waals surface area contributed by atoms with Gasteiger partial charge >= 0.3 is 0 Å². The lowest BCUT2D eigenvalue weighted by Gasteiger charge is -2.39. The molecule has 0 aromatic heterocycles. The normalized spacial score (nSPS) is 16.6. The third-order valence-electron chi connectivity index (χ3n) is 10.7. The number of aliphatic hydroxyl groups excluding tert-OH is 1. The number of para-hydroxylation sites is 1. The summed E-state index contributed by atoms with van der Waals surface area (Å²) >= 11 is 0. The van der Waals surface area contributed by atoms with Crippen molar-refractivity contribution in [2.75, 3.05) is 51.2 Å². The number of benzene rings is 2. The van der Waals surface area contributed by atoms with Crippen LogP contribution in [0.25, 0.3) is 0 Å². The predicted molar refractivity (Wildman–Crippen MR) is 201 cm³/mol. The summed E-state index contributed by atoms with van der Waals surface area (Å²) in [5.41, 5.74) is 8.58. The van der Waals surface area contributed by atoms with E-state index in [0.717, 1.165) is 62.2 Å². The van der Waals surface area contributed by atoms with E-state index >= 15 is 0 Å². The van der Waals surface area contributed by atoms with Crippen molar-refractivity contribution in [1.82, 2.24) is 4.90 Å². The van der Waals surface area contributed by atoms with Crippen LogP contribution in [-0.2, 0) is 11.2 Å². The minimum absolute atomic E-state index is 0.258. The number of hydrogen-bond acceptors (Lipinski definition) is 4. The number of likely N-dealkylation sites (tertiary alicyclic amines) is 1. The lowest BCUT2D eigenvalue weighted by atomic mass is 9.97. The van der Waals surface area contributed by atoms with Gasteiger partial charge in [-0.05, 0) is 133 Å². The molecule has 1 fully saturated rings. The van der Waals surface area contributed by atoms with Crippen LogP contribution >= 0.6 is 0 Å². The molecule has 47 heavy (non-hydrogen) atoms. The molecular formula is C42H68N3O2+. The van der Waals surface area contributed by atoms with Crippen LogP contribution in [0.5, 0.6) is 0 Å². The highest BCUT2D eigenvalue weighted by Gasteiger charge is 2.30. The van der Waals surface area contributed by atoms with Gasteiger partial charge in [-0.3, -0.25) is 9.69 Å². The Hall–Kier alpha value is -2.47. The number of carbonyl (C=O) groups excluding carboxylic acids is 1. The predicted octanol–water partition coefficient (Wildman–Crippen LogP) is 9.24. The number of quaternary nitrogens is 1. The summed E-state index contributed by atoms with van der Waals surface area (Å²) in [6, 6.07) is 13.2. The number of nitrogens with zero attached hydrogens (tertiary/aromatic N) is 2. The summed E-state index contributed by atoms with van der Waals surface area (Å²) in [5, 5.41) is 13.1. The van der Waals surface area contributed by atoms with Crippen LogP contribution in [0, 0.1) is 27.7 Å². The Morgan fingerprint density at radius 1 is 0.830 bits per heavy atom. The monoisotopic (exact) mass is 647 g/mol. The Morgan fingerprint density at radius 3 is 2.02 bits per heavy atom. The second-order valence-electron chi connectivity index (χ2n) is 14.6. The van der Waals surface area contributed by atoms with Crippen molar-refractivity contribution in [1.29, 1.82) is 0 Å². The number of hydrogen-bond donors (Lipinski definition) is 2. The van der Waals surface area contributed by atoms with E-state index in [4.69, 9.17) is 0 Å². The van der Waals surface area contributed by atoms with Gasteiger partial charge in [0, 0.05) is 30.5 Å². The molecule has 2 unspecified atom stereocenters. The van der Waals surface area contributed by atoms with E-state index < -0.39 is 0 Å². The number of nitrogens with one attached hydrogen (secondary N) is 1. The summed E-state index contributed by atoms with van der Waals surface area (Å²) in [7, 11) is 0. The first-order valence-electron chi connectivity index (χ1n) is 19.0. The van der Waals surface area contributed by atoms with E-state index in [1.54, 1.807) is 0 Å². The van der Waals surface area contributed by atoms with E-state index in [-0.39, 0.29) is 6.61 Å². The standard InChI is InChI=1S/C42H68N3O2/c1-7-8-15-28-45(30-17-11-18-31-46,33-39(47)32-40-34(2)21-19-22-35(40)3)29-16-10-9-13-26-44-27-14-12-25-41(44)38(6)43-42-36(4)23-20-24-37(42)5/h19-24,41,43,46H,6-18,25-33H2,1-5H3/q+1. The van der Waals surface area contributed by atoms with Gasteiger partial charge in [-0.15, -0.1) is 0 Å². The zero-order chi connectivity index (χ0) is 34.1. The molecule has 2 atom stereocenters. The van der Waals surface area contributed by atoms with Gasteiger partial charge in [-0.25, -0.2) is 0 Å². The first kappa shape index (κ1) is 39.0. The van der Waals surface area contributed by atoms with Crippen LogP contribution in [0.15, 0.2) is 48.7 Å². The van der Waals surface area contributed by atoms with Crippen molar-refractivity contribution >= 4 is 11.5 Å². The van der Waals surface area contributed by atoms with Crippen LogP contribution in [0.4, 0.5) is 5.69 Å². The topological polar surface area (TPSA) is 52.6 Å². The molecule has 262 valence electrons. The van der Waals surface area contributed by atoms with Gasteiger partial charge in [0.2, 0.25) is 0 Å². The maximum atomic E-state index is 13.7. The van der Waals surface area contributed by atoms with Crippen LogP contribution in [0.1, 0.15) is 118 Å². The average Bonchev–Trinajstić information content (AvgIpc) is 3.05. The number of rotatable bonds is 23. The molecule has 0 spiro atoms. The molecule has 0 amide bonds. The highest BCUT2D eigenvalue weighted by molar-refractivity contribution is 5.82. The van der Waals surface area contributed by atoms with Gasteiger partial charge in [0.15, 0.2) is 5.78 Å². The quantitative estimate of drug-likeness (QED) is 0.0934. The Bertz CT molecular complexity index is 1200. The Balaban J connectivity index is 1.58. The fourth-order valence-electron chi connectivity index (χ4n) is 7.78. The van der Waals surface area contributed by atoms with E-state index in [9.17, 15) is 9.90 Å². The van der Waals surface area contributed by atoms with Crippen molar-refractivity contribution < 1.29 is 14.4 Å². The van der Waals surface area contributed by atoms with Crippen LogP contribution in [0.3, 0.4) is 0 Å². The first-order valence-corrected chi connectivity index (χ1v) is 19.0. The highest BCUT2D eigenvalue weighted by atomic mass is 16.2. The van der Waals surface area contributed by atoms with Gasteiger partial charge in [-0.2, -0.15) is 0 Å². The third kappa shape index (κ3) is 12.8. The minimum Gasteiger partial charge on any atom is -0.396 e. The Morgan fingerprint density at radius 2 is 1.40 bits per heavy atom.